The third kappa shape index (κ3) is 5.93. The Bertz CT molecular complexity index is 1380. The first-order chi connectivity index (χ1) is 19.3. The number of pyridine rings is 1. The van der Waals surface area contributed by atoms with E-state index >= 15 is 4.39 Å². The molecule has 12 nitrogen and oxygen atoms in total. The van der Waals surface area contributed by atoms with E-state index in [4.69, 9.17) is 20.0 Å². The Morgan fingerprint density at radius 2 is 2.12 bits per heavy atom. The number of esters is 1. The van der Waals surface area contributed by atoms with E-state index in [0.29, 0.717) is 41.2 Å². The third-order valence-electron chi connectivity index (χ3n) is 7.04. The predicted octanol–water partition coefficient (Wildman–Crippen LogP) is 2.91. The number of carbonyl (C=O) groups excluding carboxylic acids is 2. The molecule has 1 saturated heterocycles. The molecular formula is C27H30FN7O5. The Morgan fingerprint density at radius 3 is 2.83 bits per heavy atom. The first kappa shape index (κ1) is 27.2. The van der Waals surface area contributed by atoms with Gasteiger partial charge in [-0.3, -0.25) is 14.7 Å². The summed E-state index contributed by atoms with van der Waals surface area (Å²) in [6, 6.07) is 7.35. The molecule has 0 radical (unpaired) electrons. The summed E-state index contributed by atoms with van der Waals surface area (Å²) < 4.78 is 27.4. The lowest BCUT2D eigenvalue weighted by Gasteiger charge is -2.17. The van der Waals surface area contributed by atoms with Gasteiger partial charge < -0.3 is 20.0 Å². The van der Waals surface area contributed by atoms with Crippen molar-refractivity contribution in [2.75, 3.05) is 18.1 Å². The summed E-state index contributed by atoms with van der Waals surface area (Å²) in [5.41, 5.74) is 8.38. The van der Waals surface area contributed by atoms with E-state index in [2.05, 4.69) is 20.5 Å². The van der Waals surface area contributed by atoms with Crippen LogP contribution in [0.5, 0.6) is 0 Å². The van der Waals surface area contributed by atoms with Gasteiger partial charge in [0.1, 0.15) is 30.3 Å². The van der Waals surface area contributed by atoms with Crippen molar-refractivity contribution in [2.45, 2.75) is 51.5 Å². The fourth-order valence-electron chi connectivity index (χ4n) is 4.42. The molecule has 2 N–H and O–H groups in total. The maximum Gasteiger partial charge on any atom is 0.414 e. The van der Waals surface area contributed by atoms with Crippen molar-refractivity contribution in [2.24, 2.45) is 16.8 Å². The van der Waals surface area contributed by atoms with Crippen molar-refractivity contribution < 1.29 is 28.3 Å². The summed E-state index contributed by atoms with van der Waals surface area (Å²) in [4.78, 5) is 35.7. The largest absolute Gasteiger partial charge is 0.460 e. The summed E-state index contributed by atoms with van der Waals surface area (Å²) in [6.45, 7) is 4.52. The normalized spacial score (nSPS) is 20.1. The summed E-state index contributed by atoms with van der Waals surface area (Å²) >= 11 is 0. The number of hydrogen-bond acceptors (Lipinski definition) is 10. The second kappa shape index (κ2) is 11.8. The SMILES string of the molecule is CC[C@H](C)[C@H](N)C(=O)OC[C@@H]1CC(c2ccc(-c3ccc(N4C[C@H](Cn5ccnn5)OC4=O)cc3F)cn2)=NO1. The van der Waals surface area contributed by atoms with E-state index in [1.54, 1.807) is 47.5 Å². The quantitative estimate of drug-likeness (QED) is 0.376. The lowest BCUT2D eigenvalue weighted by molar-refractivity contribution is -0.150. The number of amides is 1. The molecule has 1 aromatic carbocycles. The van der Waals surface area contributed by atoms with Crippen LogP contribution in [0.25, 0.3) is 11.1 Å². The Labute approximate surface area is 229 Å². The molecule has 3 aromatic rings. The van der Waals surface area contributed by atoms with Crippen LogP contribution < -0.4 is 10.6 Å². The van der Waals surface area contributed by atoms with Gasteiger partial charge in [-0.15, -0.1) is 5.10 Å². The number of nitrogens with two attached hydrogens (primary N) is 1. The van der Waals surface area contributed by atoms with Crippen LogP contribution in [0.4, 0.5) is 14.9 Å². The Kier molecular flexibility index (Phi) is 8.01. The molecule has 0 spiro atoms. The van der Waals surface area contributed by atoms with Crippen molar-refractivity contribution in [3.05, 3.63) is 60.4 Å². The molecule has 2 aromatic heterocycles. The molecule has 40 heavy (non-hydrogen) atoms. The highest BCUT2D eigenvalue weighted by atomic mass is 19.1. The summed E-state index contributed by atoms with van der Waals surface area (Å²) in [5, 5.41) is 11.7. The number of ether oxygens (including phenoxy) is 2. The van der Waals surface area contributed by atoms with Gasteiger partial charge in [0.2, 0.25) is 0 Å². The van der Waals surface area contributed by atoms with Gasteiger partial charge in [0.05, 0.1) is 30.7 Å². The topological polar surface area (TPSA) is 147 Å². The van der Waals surface area contributed by atoms with Crippen molar-refractivity contribution >= 4 is 23.5 Å². The zero-order chi connectivity index (χ0) is 28.2. The minimum Gasteiger partial charge on any atom is -0.460 e. The van der Waals surface area contributed by atoms with Crippen molar-refractivity contribution in [3.8, 4) is 11.1 Å². The zero-order valence-corrected chi connectivity index (χ0v) is 22.1. The van der Waals surface area contributed by atoms with Crippen LogP contribution in [-0.4, -0.2) is 69.2 Å². The lowest BCUT2D eigenvalue weighted by Crippen LogP contribution is -2.39. The van der Waals surface area contributed by atoms with E-state index in [9.17, 15) is 9.59 Å². The molecule has 4 atom stereocenters. The van der Waals surface area contributed by atoms with E-state index < -0.39 is 36.1 Å². The first-order valence-corrected chi connectivity index (χ1v) is 13.1. The van der Waals surface area contributed by atoms with Crippen LogP contribution in [0.3, 0.4) is 0 Å². The molecule has 1 amide bonds. The van der Waals surface area contributed by atoms with Gasteiger partial charge >= 0.3 is 12.1 Å². The van der Waals surface area contributed by atoms with Crippen molar-refractivity contribution in [1.29, 1.82) is 0 Å². The van der Waals surface area contributed by atoms with Gasteiger partial charge in [-0.25, -0.2) is 13.9 Å². The summed E-state index contributed by atoms with van der Waals surface area (Å²) in [7, 11) is 0. The fourth-order valence-corrected chi connectivity index (χ4v) is 4.42. The standard InChI is InChI=1S/C27H30FN7O5/c1-3-16(2)25(29)26(36)38-15-19-11-24(32-40-19)23-7-4-17(12-30-23)21-6-5-18(10-22(21)28)35-14-20(39-27(35)37)13-34-9-8-31-33-34/h4-10,12,16,19-20,25H,3,11,13-15,29H2,1-2H3/t16-,19-,20-,25-/m0/s1. The number of oxime groups is 1. The number of carbonyl (C=O) groups is 2. The molecule has 2 aliphatic heterocycles. The van der Waals surface area contributed by atoms with Crippen LogP contribution in [-0.2, 0) is 25.7 Å². The van der Waals surface area contributed by atoms with Crippen LogP contribution in [0, 0.1) is 11.7 Å². The lowest BCUT2D eigenvalue weighted by atomic mass is 10.0. The van der Waals surface area contributed by atoms with Crippen LogP contribution in [0.15, 0.2) is 54.1 Å². The molecule has 0 unspecified atom stereocenters. The van der Waals surface area contributed by atoms with E-state index in [-0.39, 0.29) is 19.1 Å². The van der Waals surface area contributed by atoms with Crippen molar-refractivity contribution in [3.63, 3.8) is 0 Å². The van der Waals surface area contributed by atoms with Crippen molar-refractivity contribution in [1.82, 2.24) is 20.0 Å². The number of nitrogens with zero attached hydrogens (tertiary/aromatic N) is 6. The number of rotatable bonds is 10. The van der Waals surface area contributed by atoms with E-state index in [0.717, 1.165) is 6.42 Å². The maximum absolute atomic E-state index is 15.1. The zero-order valence-electron chi connectivity index (χ0n) is 22.1. The Hall–Kier alpha value is -4.39. The Morgan fingerprint density at radius 1 is 1.27 bits per heavy atom. The number of cyclic esters (lactones) is 1. The number of anilines is 1. The minimum absolute atomic E-state index is 0.0210. The summed E-state index contributed by atoms with van der Waals surface area (Å²) in [6.07, 6.45) is 4.55. The third-order valence-corrected chi connectivity index (χ3v) is 7.04. The number of aromatic nitrogens is 4. The molecule has 0 aliphatic carbocycles. The van der Waals surface area contributed by atoms with Gasteiger partial charge in [-0.1, -0.05) is 36.7 Å². The van der Waals surface area contributed by atoms with Crippen LogP contribution in [0.1, 0.15) is 32.4 Å². The molecule has 0 bridgehead atoms. The first-order valence-electron chi connectivity index (χ1n) is 13.1. The average Bonchev–Trinajstić information content (AvgIpc) is 3.73. The highest BCUT2D eigenvalue weighted by molar-refractivity contribution is 5.99. The predicted molar refractivity (Wildman–Crippen MR) is 142 cm³/mol. The second-order valence-electron chi connectivity index (χ2n) is 9.85. The molecule has 210 valence electrons. The van der Waals surface area contributed by atoms with Crippen LogP contribution in [0.2, 0.25) is 0 Å². The average molecular weight is 552 g/mol. The fraction of sp³-hybridized carbons (Fsp3) is 0.407. The number of hydrogen-bond donors (Lipinski definition) is 1. The van der Waals surface area contributed by atoms with E-state index in [1.807, 2.05) is 13.8 Å². The monoisotopic (exact) mass is 551 g/mol. The Balaban J connectivity index is 1.17. The molecule has 5 rings (SSSR count). The summed E-state index contributed by atoms with van der Waals surface area (Å²) in [5.74, 6) is -0.943. The van der Waals surface area contributed by atoms with Gasteiger partial charge in [-0.2, -0.15) is 0 Å². The molecule has 2 aliphatic rings. The number of benzene rings is 1. The highest BCUT2D eigenvalue weighted by Gasteiger charge is 2.33. The molecule has 0 saturated carbocycles. The highest BCUT2D eigenvalue weighted by Crippen LogP contribution is 2.29. The minimum atomic E-state index is -0.679. The number of halogens is 1. The van der Waals surface area contributed by atoms with Gasteiger partial charge in [0, 0.05) is 29.9 Å². The van der Waals surface area contributed by atoms with Gasteiger partial charge in [0.15, 0.2) is 6.10 Å². The van der Waals surface area contributed by atoms with Gasteiger partial charge in [-0.05, 0) is 30.2 Å². The van der Waals surface area contributed by atoms with Crippen LogP contribution >= 0.6 is 0 Å². The van der Waals surface area contributed by atoms with E-state index in [1.165, 1.54) is 11.0 Å². The second-order valence-corrected chi connectivity index (χ2v) is 9.85. The molecule has 1 fully saturated rings. The maximum atomic E-state index is 15.1. The smallest absolute Gasteiger partial charge is 0.414 e. The molecule has 4 heterocycles. The molecular weight excluding hydrogens is 521 g/mol. The van der Waals surface area contributed by atoms with Gasteiger partial charge in [0.25, 0.3) is 0 Å². The molecule has 13 heteroatoms.